The van der Waals surface area contributed by atoms with Crippen molar-refractivity contribution < 1.29 is 72.2 Å². The summed E-state index contributed by atoms with van der Waals surface area (Å²) in [5, 5.41) is 33.4. The molecule has 0 saturated carbocycles. The number of hydrogen-bond donors (Lipinski definition) is 8. The number of amides is 6. The van der Waals surface area contributed by atoms with E-state index in [0.717, 1.165) is 50.1 Å². The normalized spacial score (nSPS) is 10.4. The van der Waals surface area contributed by atoms with Crippen LogP contribution in [-0.2, 0) is 21.4 Å². The fourth-order valence-corrected chi connectivity index (χ4v) is 7.86. The summed E-state index contributed by atoms with van der Waals surface area (Å²) in [6.07, 6.45) is -3.20. The molecule has 0 aliphatic rings. The van der Waals surface area contributed by atoms with Gasteiger partial charge in [-0.25, -0.2) is 33.6 Å². The smallest absolute Gasteiger partial charge is 0.413 e. The van der Waals surface area contributed by atoms with Gasteiger partial charge in [-0.1, -0.05) is 130 Å². The SMILES string of the molecule is C.C.C=C(C)c1cccc(C(C)(C)N=C=O)c1.C=C(C)c1cccc(C(C)(C)NC(=O)Oc2cccc(OC(=O)NCNC(=O)Oc3cccc(OC(=O)NC(C)(C)c4cccc(C(=C)C)c4)c3)c2)c1.O=C(NCNC(=O)Oc1cccc(O)c1)Oc1cccc(O)c1. The lowest BCUT2D eigenvalue weighted by atomic mass is 9.92. The molecule has 93 heavy (non-hydrogen) atoms. The Bertz CT molecular complexity index is 3630. The molecule has 22 nitrogen and oxygen atoms in total. The molecular weight excluding hydrogens is 1190 g/mol. The standard InChI is InChI=1S/C41H44N4O8.C15H14N2O6.C13H15NO.2CH4/c1-26(2)28-13-9-15-30(21-28)40(5,6)44-38(48)52-34-19-11-17-32(23-34)50-36(46)42-25-43-37(47)51-33-18-12-20-35(24-33)53-39(49)45-41(7,8)31-16-10-14-29(22-31)27(3)4;18-10-3-1-5-12(7-10)22-14(20)16-9-17-15(21)23-13-6-2-4-11(19)8-13;1-10(2)11-6-5-7-12(8-11)13(3,4)14-9-15;;/h9-24H,1,3,25H2,2,4-8H3,(H,42,46)(H,43,47)(H,44,48)(H,45,49);1-8,18-19H,9H2,(H,16,20)(H,17,21);5-8H,1H2,2-4H3;2*1H4. The highest BCUT2D eigenvalue weighted by molar-refractivity contribution is 5.76. The van der Waals surface area contributed by atoms with E-state index in [0.29, 0.717) is 0 Å². The van der Waals surface area contributed by atoms with Crippen LogP contribution in [0.5, 0.6) is 46.0 Å². The molecule has 0 aromatic heterocycles. The summed E-state index contributed by atoms with van der Waals surface area (Å²) in [6.45, 7) is 28.2. The van der Waals surface area contributed by atoms with Crippen LogP contribution in [0.2, 0.25) is 0 Å². The Kier molecular flexibility index (Phi) is 28.9. The molecule has 0 saturated heterocycles. The first-order valence-corrected chi connectivity index (χ1v) is 28.0. The van der Waals surface area contributed by atoms with Gasteiger partial charge in [-0.15, -0.1) is 0 Å². The lowest BCUT2D eigenvalue weighted by Crippen LogP contribution is -2.42. The molecule has 7 aromatic carbocycles. The Labute approximate surface area is 542 Å². The minimum Gasteiger partial charge on any atom is -0.508 e. The number of nitrogens with one attached hydrogen (secondary N) is 6. The molecule has 7 rings (SSSR count). The topological polar surface area (TPSA) is 300 Å². The maximum atomic E-state index is 12.7. The van der Waals surface area contributed by atoms with Crippen LogP contribution < -0.4 is 60.3 Å². The highest BCUT2D eigenvalue weighted by Gasteiger charge is 2.26. The number of hydrogen-bond acceptors (Lipinski definition) is 16. The van der Waals surface area contributed by atoms with Crippen LogP contribution in [0.25, 0.3) is 16.7 Å². The predicted molar refractivity (Wildman–Crippen MR) is 358 cm³/mol. The molecule has 0 bridgehead atoms. The summed E-state index contributed by atoms with van der Waals surface area (Å²) in [6, 6.07) is 46.6. The number of isocyanates is 1. The first kappa shape index (κ1) is 75.6. The monoisotopic (exact) mass is 1270 g/mol. The van der Waals surface area contributed by atoms with Crippen LogP contribution in [0, 0.1) is 0 Å². The number of aliphatic imine (C=N–C) groups is 1. The molecule has 0 spiro atoms. The second-order valence-electron chi connectivity index (χ2n) is 21.7. The van der Waals surface area contributed by atoms with Crippen LogP contribution >= 0.6 is 0 Å². The van der Waals surface area contributed by atoms with Crippen molar-refractivity contribution in [2.75, 3.05) is 13.3 Å². The van der Waals surface area contributed by atoms with Crippen LogP contribution in [-0.4, -0.2) is 66.2 Å². The van der Waals surface area contributed by atoms with Gasteiger partial charge < -0.3 is 70.5 Å². The van der Waals surface area contributed by atoms with Crippen LogP contribution in [0.15, 0.2) is 195 Å². The zero-order valence-corrected chi connectivity index (χ0v) is 51.9. The summed E-state index contributed by atoms with van der Waals surface area (Å²) in [4.78, 5) is 87.3. The maximum absolute atomic E-state index is 12.7. The third kappa shape index (κ3) is 25.8. The van der Waals surface area contributed by atoms with Gasteiger partial charge >= 0.3 is 36.6 Å². The van der Waals surface area contributed by atoms with E-state index >= 15 is 0 Å². The van der Waals surface area contributed by atoms with Crippen molar-refractivity contribution in [1.82, 2.24) is 31.9 Å². The average Bonchev–Trinajstić information content (AvgIpc) is 0.921. The number of allylic oxidation sites excluding steroid dienone is 3. The summed E-state index contributed by atoms with van der Waals surface area (Å²) in [5.74, 6) is 0.700. The fourth-order valence-electron chi connectivity index (χ4n) is 7.86. The average molecular weight is 1270 g/mol. The van der Waals surface area contributed by atoms with Crippen molar-refractivity contribution in [3.05, 3.63) is 223 Å². The quantitative estimate of drug-likeness (QED) is 0.0212. The van der Waals surface area contributed by atoms with Crippen LogP contribution in [0.1, 0.15) is 111 Å². The third-order valence-corrected chi connectivity index (χ3v) is 12.8. The highest BCUT2D eigenvalue weighted by Crippen LogP contribution is 2.29. The van der Waals surface area contributed by atoms with E-state index in [1.165, 1.54) is 84.9 Å². The Hall–Kier alpha value is -11.6. The van der Waals surface area contributed by atoms with E-state index in [1.54, 1.807) is 18.2 Å². The number of carbonyl (C=O) groups is 6. The summed E-state index contributed by atoms with van der Waals surface area (Å²) >= 11 is 0. The summed E-state index contributed by atoms with van der Waals surface area (Å²) in [5.41, 5.74) is 6.49. The van der Waals surface area contributed by atoms with Crippen molar-refractivity contribution in [3.8, 4) is 46.0 Å². The Balaban J connectivity index is 0.000000460. The number of ether oxygens (including phenoxy) is 6. The van der Waals surface area contributed by atoms with E-state index in [-0.39, 0.29) is 74.2 Å². The van der Waals surface area contributed by atoms with E-state index in [9.17, 15) is 43.8 Å². The molecule has 0 aliphatic heterocycles. The number of carbonyl (C=O) groups excluding carboxylic acids is 7. The van der Waals surface area contributed by atoms with Gasteiger partial charge in [0, 0.05) is 24.3 Å². The van der Waals surface area contributed by atoms with Crippen molar-refractivity contribution in [1.29, 1.82) is 0 Å². The molecule has 490 valence electrons. The predicted octanol–water partition coefficient (Wildman–Crippen LogP) is 15.1. The largest absolute Gasteiger partial charge is 0.508 e. The molecule has 0 heterocycles. The Morgan fingerprint density at radius 2 is 0.656 bits per heavy atom. The van der Waals surface area contributed by atoms with E-state index in [1.807, 2.05) is 135 Å². The lowest BCUT2D eigenvalue weighted by Gasteiger charge is -2.27. The van der Waals surface area contributed by atoms with Gasteiger partial charge in [-0.05, 0) is 162 Å². The number of benzene rings is 7. The van der Waals surface area contributed by atoms with Crippen LogP contribution in [0.4, 0.5) is 28.8 Å². The van der Waals surface area contributed by atoms with Gasteiger partial charge in [0.05, 0.1) is 30.0 Å². The molecule has 6 amide bonds. The molecule has 0 unspecified atom stereocenters. The molecule has 22 heteroatoms. The fraction of sp³-hybridized carbons (Fsp3) is 0.225. The van der Waals surface area contributed by atoms with Crippen LogP contribution in [0.3, 0.4) is 0 Å². The van der Waals surface area contributed by atoms with E-state index in [2.05, 4.69) is 56.6 Å². The van der Waals surface area contributed by atoms with Crippen molar-refractivity contribution in [3.63, 3.8) is 0 Å². The summed E-state index contributed by atoms with van der Waals surface area (Å²) in [7, 11) is 0. The third-order valence-electron chi connectivity index (χ3n) is 12.8. The zero-order chi connectivity index (χ0) is 66.9. The second-order valence-corrected chi connectivity index (χ2v) is 21.7. The minimum absolute atomic E-state index is 0. The highest BCUT2D eigenvalue weighted by atomic mass is 16.6. The number of phenolic OH excluding ortho intramolecular Hbond substituents is 2. The van der Waals surface area contributed by atoms with Gasteiger partial charge in [0.15, 0.2) is 0 Å². The minimum atomic E-state index is -0.888. The molecule has 0 atom stereocenters. The molecule has 0 radical (unpaired) electrons. The molecule has 7 aromatic rings. The van der Waals surface area contributed by atoms with Crippen molar-refractivity contribution >= 4 is 59.4 Å². The molecule has 0 fully saturated rings. The molecule has 8 N–H and O–H groups in total. The Morgan fingerprint density at radius 1 is 0.398 bits per heavy atom. The molecular formula is C71H81N7O15. The number of rotatable bonds is 19. The van der Waals surface area contributed by atoms with Crippen molar-refractivity contribution in [2.24, 2.45) is 4.99 Å². The van der Waals surface area contributed by atoms with Gasteiger partial charge in [0.25, 0.3) is 0 Å². The van der Waals surface area contributed by atoms with Gasteiger partial charge in [-0.2, -0.15) is 4.99 Å². The maximum Gasteiger partial charge on any atom is 0.413 e. The zero-order valence-electron chi connectivity index (χ0n) is 51.9. The number of phenols is 2. The van der Waals surface area contributed by atoms with E-state index < -0.39 is 53.2 Å². The first-order valence-electron chi connectivity index (χ1n) is 28.0. The number of aromatic hydroxyl groups is 2. The first-order chi connectivity index (χ1) is 43.0. The number of nitrogens with zero attached hydrogens (tertiary/aromatic N) is 1. The Morgan fingerprint density at radius 3 is 0.946 bits per heavy atom. The van der Waals surface area contributed by atoms with Crippen molar-refractivity contribution in [2.45, 2.75) is 93.8 Å². The second kappa shape index (κ2) is 35.5. The van der Waals surface area contributed by atoms with Gasteiger partial charge in [0.1, 0.15) is 46.0 Å². The molecule has 0 aliphatic carbocycles. The van der Waals surface area contributed by atoms with Gasteiger partial charge in [0.2, 0.25) is 6.08 Å². The summed E-state index contributed by atoms with van der Waals surface area (Å²) < 4.78 is 31.1. The lowest BCUT2D eigenvalue weighted by molar-refractivity contribution is 0.187. The van der Waals surface area contributed by atoms with E-state index in [4.69, 9.17) is 28.4 Å². The van der Waals surface area contributed by atoms with Gasteiger partial charge in [-0.3, -0.25) is 0 Å².